The smallest absolute Gasteiger partial charge is 0.360 e. The number of benzene rings is 1. The van der Waals surface area contributed by atoms with E-state index in [1.165, 1.54) is 12.1 Å². The highest BCUT2D eigenvalue weighted by atomic mass is 19.4. The second-order valence-corrected chi connectivity index (χ2v) is 7.26. The van der Waals surface area contributed by atoms with Gasteiger partial charge in [-0.05, 0) is 18.2 Å². The maximum atomic E-state index is 12.9. The number of Topliss-reactive ketones (excluding diaryl/α,β-unsaturated/α-hetero) is 1. The minimum atomic E-state index is -5.03. The molecule has 0 aliphatic rings. The van der Waals surface area contributed by atoms with Crippen molar-refractivity contribution in [3.63, 3.8) is 0 Å². The summed E-state index contributed by atoms with van der Waals surface area (Å²) in [6.07, 6.45) is -9.35. The van der Waals surface area contributed by atoms with Crippen molar-refractivity contribution in [3.05, 3.63) is 58.6 Å². The fourth-order valence-corrected chi connectivity index (χ4v) is 2.22. The number of rotatable bonds is 4. The summed E-state index contributed by atoms with van der Waals surface area (Å²) in [5.41, 5.74) is -4.97. The number of carbonyl (C=O) groups excluding carboxylic acids is 1. The summed E-state index contributed by atoms with van der Waals surface area (Å²) in [6.45, 7) is 5.36. The molecule has 2 aromatic rings. The third-order valence-electron chi connectivity index (χ3n) is 3.82. The number of nitriles is 1. The molecule has 0 fully saturated rings. The number of carbonyl (C=O) groups is 1. The Labute approximate surface area is 167 Å². The van der Waals surface area contributed by atoms with Crippen molar-refractivity contribution in [1.82, 2.24) is 5.16 Å². The van der Waals surface area contributed by atoms with Gasteiger partial charge in [-0.25, -0.2) is 0 Å². The van der Waals surface area contributed by atoms with E-state index in [0.29, 0.717) is 24.1 Å². The van der Waals surface area contributed by atoms with Crippen molar-refractivity contribution in [2.24, 2.45) is 0 Å². The molecule has 30 heavy (non-hydrogen) atoms. The molecular formula is C19H15F6N3O2. The van der Waals surface area contributed by atoms with Crippen molar-refractivity contribution in [1.29, 1.82) is 5.26 Å². The molecule has 0 radical (unpaired) electrons. The molecule has 0 unspecified atom stereocenters. The van der Waals surface area contributed by atoms with Gasteiger partial charge in [0.2, 0.25) is 5.78 Å². The number of aromatic nitrogens is 1. The van der Waals surface area contributed by atoms with E-state index in [9.17, 15) is 36.4 Å². The van der Waals surface area contributed by atoms with Crippen LogP contribution in [0.3, 0.4) is 0 Å². The van der Waals surface area contributed by atoms with E-state index in [0.717, 1.165) is 0 Å². The molecule has 160 valence electrons. The van der Waals surface area contributed by atoms with E-state index in [1.54, 1.807) is 20.8 Å². The SMILES string of the molecule is CC(C)(C)c1cc(C(=O)C(C#N)=CNc2cc(C(F)(F)F)cc(C(F)(F)F)c2)no1. The maximum Gasteiger partial charge on any atom is 0.416 e. The lowest BCUT2D eigenvalue weighted by Crippen LogP contribution is -2.12. The van der Waals surface area contributed by atoms with Gasteiger partial charge in [0.15, 0.2) is 5.69 Å². The summed E-state index contributed by atoms with van der Waals surface area (Å²) in [5.74, 6) is -0.559. The Bertz CT molecular complexity index is 988. The zero-order valence-electron chi connectivity index (χ0n) is 15.9. The standard InChI is InChI=1S/C19H15F6N3O2/c1-17(2,3)15-7-14(28-30-15)16(29)10(8-26)9-27-13-5-11(18(20,21)22)4-12(6-13)19(23,24)25/h4-7,9,27H,1-3H3. The lowest BCUT2D eigenvalue weighted by molar-refractivity contribution is -0.143. The van der Waals surface area contributed by atoms with Gasteiger partial charge in [-0.3, -0.25) is 4.79 Å². The molecule has 0 saturated heterocycles. The molecule has 1 aromatic carbocycles. The number of hydrogen-bond donors (Lipinski definition) is 1. The van der Waals surface area contributed by atoms with Gasteiger partial charge in [-0.2, -0.15) is 31.6 Å². The van der Waals surface area contributed by atoms with E-state index in [-0.39, 0.29) is 11.8 Å². The van der Waals surface area contributed by atoms with Crippen LogP contribution in [0.15, 0.2) is 40.6 Å². The number of allylic oxidation sites excluding steroid dienone is 1. The average Bonchev–Trinajstić information content (AvgIpc) is 3.11. The van der Waals surface area contributed by atoms with Gasteiger partial charge in [-0.1, -0.05) is 25.9 Å². The Morgan fingerprint density at radius 1 is 1.03 bits per heavy atom. The number of ketones is 1. The van der Waals surface area contributed by atoms with Crippen molar-refractivity contribution in [2.45, 2.75) is 38.5 Å². The van der Waals surface area contributed by atoms with Gasteiger partial charge >= 0.3 is 12.4 Å². The highest BCUT2D eigenvalue weighted by Gasteiger charge is 2.37. The van der Waals surface area contributed by atoms with Crippen LogP contribution in [-0.2, 0) is 17.8 Å². The predicted octanol–water partition coefficient (Wildman–Crippen LogP) is 5.71. The molecule has 0 aliphatic heterocycles. The number of nitrogens with zero attached hydrogens (tertiary/aromatic N) is 2. The Hall–Kier alpha value is -3.29. The van der Waals surface area contributed by atoms with Crippen LogP contribution in [0, 0.1) is 11.3 Å². The third kappa shape index (κ3) is 5.40. The number of anilines is 1. The average molecular weight is 431 g/mol. The quantitative estimate of drug-likeness (QED) is 0.290. The van der Waals surface area contributed by atoms with Gasteiger partial charge in [-0.15, -0.1) is 0 Å². The van der Waals surface area contributed by atoms with Gasteiger partial charge in [0.1, 0.15) is 17.4 Å². The minimum Gasteiger partial charge on any atom is -0.360 e. The van der Waals surface area contributed by atoms with E-state index < -0.39 is 45.9 Å². The summed E-state index contributed by atoms with van der Waals surface area (Å²) < 4.78 is 82.5. The number of alkyl halides is 6. The molecule has 0 atom stereocenters. The first kappa shape index (κ1) is 23.0. The molecule has 0 bridgehead atoms. The second-order valence-electron chi connectivity index (χ2n) is 7.26. The largest absolute Gasteiger partial charge is 0.416 e. The minimum absolute atomic E-state index is 0.0331. The fourth-order valence-electron chi connectivity index (χ4n) is 2.22. The number of halogens is 6. The van der Waals surface area contributed by atoms with Crippen molar-refractivity contribution in [3.8, 4) is 6.07 Å². The summed E-state index contributed by atoms with van der Waals surface area (Å²) in [4.78, 5) is 12.4. The molecule has 1 aromatic heterocycles. The number of nitrogens with one attached hydrogen (secondary N) is 1. The van der Waals surface area contributed by atoms with Gasteiger partial charge in [0.25, 0.3) is 0 Å². The van der Waals surface area contributed by atoms with Crippen LogP contribution in [0.25, 0.3) is 0 Å². The van der Waals surface area contributed by atoms with Crippen LogP contribution in [-0.4, -0.2) is 10.9 Å². The van der Waals surface area contributed by atoms with Gasteiger partial charge < -0.3 is 9.84 Å². The van der Waals surface area contributed by atoms with Crippen LogP contribution in [0.1, 0.15) is 48.1 Å². The van der Waals surface area contributed by atoms with Crippen molar-refractivity contribution in [2.75, 3.05) is 5.32 Å². The molecule has 1 heterocycles. The van der Waals surface area contributed by atoms with Gasteiger partial charge in [0.05, 0.1) is 11.1 Å². The zero-order valence-corrected chi connectivity index (χ0v) is 15.9. The normalized spacial score (nSPS) is 13.1. The fraction of sp³-hybridized carbons (Fsp3) is 0.316. The van der Waals surface area contributed by atoms with Crippen molar-refractivity contribution >= 4 is 11.5 Å². The molecule has 0 aliphatic carbocycles. The van der Waals surface area contributed by atoms with Gasteiger partial charge in [0, 0.05) is 23.4 Å². The lowest BCUT2D eigenvalue weighted by atomic mass is 9.93. The van der Waals surface area contributed by atoms with Crippen LogP contribution < -0.4 is 5.32 Å². The molecular weight excluding hydrogens is 416 g/mol. The third-order valence-corrected chi connectivity index (χ3v) is 3.82. The molecule has 0 saturated carbocycles. The summed E-state index contributed by atoms with van der Waals surface area (Å²) in [7, 11) is 0. The highest BCUT2D eigenvalue weighted by molar-refractivity contribution is 6.10. The summed E-state index contributed by atoms with van der Waals surface area (Å²) >= 11 is 0. The zero-order chi connectivity index (χ0) is 22.9. The van der Waals surface area contributed by atoms with Crippen LogP contribution in [0.5, 0.6) is 0 Å². The first-order valence-electron chi connectivity index (χ1n) is 8.31. The molecule has 2 rings (SSSR count). The predicted molar refractivity (Wildman–Crippen MR) is 93.3 cm³/mol. The monoisotopic (exact) mass is 431 g/mol. The molecule has 0 spiro atoms. The first-order chi connectivity index (χ1) is 13.6. The van der Waals surface area contributed by atoms with E-state index in [4.69, 9.17) is 4.52 Å². The number of hydrogen-bond acceptors (Lipinski definition) is 5. The second kappa shape index (κ2) is 7.85. The van der Waals surface area contributed by atoms with E-state index in [1.807, 2.05) is 0 Å². The lowest BCUT2D eigenvalue weighted by Gasteiger charge is -2.14. The topological polar surface area (TPSA) is 78.9 Å². The Morgan fingerprint density at radius 3 is 1.97 bits per heavy atom. The Morgan fingerprint density at radius 2 is 1.57 bits per heavy atom. The van der Waals surface area contributed by atoms with Crippen LogP contribution in [0.4, 0.5) is 32.0 Å². The Kier molecular flexibility index (Phi) is 6.02. The Balaban J connectivity index is 2.37. The van der Waals surface area contributed by atoms with Crippen molar-refractivity contribution < 1.29 is 35.7 Å². The molecule has 5 nitrogen and oxygen atoms in total. The van der Waals surface area contributed by atoms with E-state index in [2.05, 4.69) is 10.5 Å². The summed E-state index contributed by atoms with van der Waals surface area (Å²) in [6, 6.07) is 3.66. The molecule has 11 heteroatoms. The van der Waals surface area contributed by atoms with E-state index >= 15 is 0 Å². The van der Waals surface area contributed by atoms with Crippen LogP contribution in [0.2, 0.25) is 0 Å². The maximum absolute atomic E-state index is 12.9. The van der Waals surface area contributed by atoms with Crippen LogP contribution >= 0.6 is 0 Å². The summed E-state index contributed by atoms with van der Waals surface area (Å²) in [5, 5.41) is 14.9. The molecule has 1 N–H and O–H groups in total. The first-order valence-corrected chi connectivity index (χ1v) is 8.31. The molecule has 0 amide bonds. The highest BCUT2D eigenvalue weighted by Crippen LogP contribution is 2.37.